The summed E-state index contributed by atoms with van der Waals surface area (Å²) in [6.45, 7) is 2.83. The number of nitrogens with one attached hydrogen (secondary N) is 2. The number of carbonyl (C=O) groups excluding carboxylic acids is 2. The van der Waals surface area contributed by atoms with Gasteiger partial charge in [0, 0.05) is 24.8 Å². The molecule has 2 amide bonds. The van der Waals surface area contributed by atoms with Crippen LogP contribution in [-0.4, -0.2) is 56.7 Å². The van der Waals surface area contributed by atoms with E-state index in [1.165, 1.54) is 19.2 Å². The zero-order valence-corrected chi connectivity index (χ0v) is 19.6. The van der Waals surface area contributed by atoms with Gasteiger partial charge < -0.3 is 20.1 Å². The summed E-state index contributed by atoms with van der Waals surface area (Å²) in [7, 11) is 1.48. The molecule has 0 aliphatic carbocycles. The van der Waals surface area contributed by atoms with Crippen LogP contribution in [0, 0.1) is 0 Å². The van der Waals surface area contributed by atoms with Crippen molar-refractivity contribution in [1.29, 1.82) is 0 Å². The van der Waals surface area contributed by atoms with Gasteiger partial charge in [0.05, 0.1) is 43.1 Å². The van der Waals surface area contributed by atoms with Gasteiger partial charge in [-0.15, -0.1) is 0 Å². The summed E-state index contributed by atoms with van der Waals surface area (Å²) < 4.78 is 10.7. The Morgan fingerprint density at radius 2 is 1.65 bits per heavy atom. The van der Waals surface area contributed by atoms with Crippen molar-refractivity contribution >= 4 is 34.8 Å². The summed E-state index contributed by atoms with van der Waals surface area (Å²) in [5.74, 6) is -0.210. The summed E-state index contributed by atoms with van der Waals surface area (Å²) in [5, 5.41) is 5.92. The number of anilines is 2. The normalized spacial score (nSPS) is 13.8. The lowest BCUT2D eigenvalue weighted by atomic mass is 10.1. The lowest BCUT2D eigenvalue weighted by Gasteiger charge is -2.26. The first kappa shape index (κ1) is 23.8. The average Bonchev–Trinajstić information content (AvgIpc) is 2.86. The van der Waals surface area contributed by atoms with Gasteiger partial charge in [0.15, 0.2) is 0 Å². The van der Waals surface area contributed by atoms with E-state index >= 15 is 0 Å². The first-order valence-corrected chi connectivity index (χ1v) is 11.4. The van der Waals surface area contributed by atoms with E-state index in [1.54, 1.807) is 0 Å². The summed E-state index contributed by atoms with van der Waals surface area (Å²) in [5.41, 5.74) is 3.39. The monoisotopic (exact) mass is 479 g/mol. The number of benzene rings is 3. The van der Waals surface area contributed by atoms with Gasteiger partial charge in [-0.3, -0.25) is 14.5 Å². The van der Waals surface area contributed by atoms with Crippen LogP contribution in [0.25, 0.3) is 11.1 Å². The lowest BCUT2D eigenvalue weighted by Crippen LogP contribution is -2.41. The highest BCUT2D eigenvalue weighted by molar-refractivity contribution is 6.34. The van der Waals surface area contributed by atoms with E-state index in [9.17, 15) is 9.59 Å². The topological polar surface area (TPSA) is 79.9 Å². The fraction of sp³-hybridized carbons (Fsp3) is 0.231. The van der Waals surface area contributed by atoms with Gasteiger partial charge in [-0.2, -0.15) is 0 Å². The number of hydrogen-bond donors (Lipinski definition) is 2. The van der Waals surface area contributed by atoms with Gasteiger partial charge in [-0.05, 0) is 29.3 Å². The zero-order chi connectivity index (χ0) is 23.9. The second kappa shape index (κ2) is 11.2. The lowest BCUT2D eigenvalue weighted by molar-refractivity contribution is -0.118. The van der Waals surface area contributed by atoms with E-state index in [4.69, 9.17) is 21.1 Å². The molecular weight excluding hydrogens is 454 g/mol. The highest BCUT2D eigenvalue weighted by Gasteiger charge is 2.19. The highest BCUT2D eigenvalue weighted by Crippen LogP contribution is 2.32. The number of methoxy groups -OCH3 is 1. The molecule has 0 saturated carbocycles. The van der Waals surface area contributed by atoms with Crippen molar-refractivity contribution in [3.05, 3.63) is 77.3 Å². The number of carbonyl (C=O) groups is 2. The summed E-state index contributed by atoms with van der Waals surface area (Å²) in [6, 6.07) is 20.6. The molecule has 0 atom stereocenters. The van der Waals surface area contributed by atoms with Crippen LogP contribution in [0.5, 0.6) is 5.75 Å². The standard InChI is InChI=1S/C26H26ClN3O4/c1-33-24-16-22(27)21(15-23(24)29-25(31)17-30-11-13-34-14-12-30)26(32)28-20-9-7-19(8-10-20)18-5-3-2-4-6-18/h2-10,15-16H,11-14,17H2,1H3,(H,28,32)(H,29,31). The highest BCUT2D eigenvalue weighted by atomic mass is 35.5. The molecule has 0 radical (unpaired) electrons. The van der Waals surface area contributed by atoms with Crippen molar-refractivity contribution in [2.45, 2.75) is 0 Å². The van der Waals surface area contributed by atoms with Crippen molar-refractivity contribution in [1.82, 2.24) is 4.90 Å². The van der Waals surface area contributed by atoms with Crippen LogP contribution in [0.4, 0.5) is 11.4 Å². The SMILES string of the molecule is COc1cc(Cl)c(C(=O)Nc2ccc(-c3ccccc3)cc2)cc1NC(=O)CN1CCOCC1. The Morgan fingerprint density at radius 3 is 2.32 bits per heavy atom. The molecule has 4 rings (SSSR count). The van der Waals surface area contributed by atoms with Gasteiger partial charge in [0.25, 0.3) is 5.91 Å². The third-order valence-electron chi connectivity index (χ3n) is 5.53. The van der Waals surface area contributed by atoms with E-state index in [0.29, 0.717) is 43.4 Å². The Morgan fingerprint density at radius 1 is 0.971 bits per heavy atom. The number of hydrogen-bond acceptors (Lipinski definition) is 5. The van der Waals surface area contributed by atoms with Crippen molar-refractivity contribution in [2.24, 2.45) is 0 Å². The Hall–Kier alpha value is -3.39. The second-order valence-corrected chi connectivity index (χ2v) is 8.27. The van der Waals surface area contributed by atoms with Crippen LogP contribution in [0.1, 0.15) is 10.4 Å². The first-order chi connectivity index (χ1) is 16.5. The first-order valence-electron chi connectivity index (χ1n) is 11.0. The van der Waals surface area contributed by atoms with E-state index < -0.39 is 0 Å². The van der Waals surface area contributed by atoms with Gasteiger partial charge in [0.1, 0.15) is 5.75 Å². The maximum Gasteiger partial charge on any atom is 0.257 e. The van der Waals surface area contributed by atoms with Crippen LogP contribution < -0.4 is 15.4 Å². The summed E-state index contributed by atoms with van der Waals surface area (Å²) in [4.78, 5) is 27.6. The van der Waals surface area contributed by atoms with Crippen molar-refractivity contribution < 1.29 is 19.1 Å². The van der Waals surface area contributed by atoms with Crippen LogP contribution in [0.3, 0.4) is 0 Å². The summed E-state index contributed by atoms with van der Waals surface area (Å²) >= 11 is 6.36. The molecule has 2 N–H and O–H groups in total. The number of halogens is 1. The smallest absolute Gasteiger partial charge is 0.257 e. The maximum atomic E-state index is 13.0. The Kier molecular flexibility index (Phi) is 7.80. The third-order valence-corrected chi connectivity index (χ3v) is 5.84. The van der Waals surface area contributed by atoms with Gasteiger partial charge in [-0.25, -0.2) is 0 Å². The van der Waals surface area contributed by atoms with E-state index in [-0.39, 0.29) is 28.9 Å². The largest absolute Gasteiger partial charge is 0.495 e. The maximum absolute atomic E-state index is 13.0. The second-order valence-electron chi connectivity index (χ2n) is 7.87. The predicted octanol–water partition coefficient (Wildman–Crippen LogP) is 4.54. The molecule has 1 aliphatic rings. The van der Waals surface area contributed by atoms with Crippen LogP contribution >= 0.6 is 11.6 Å². The fourth-order valence-corrected chi connectivity index (χ4v) is 3.96. The molecule has 0 unspecified atom stereocenters. The molecular formula is C26H26ClN3O4. The molecule has 1 saturated heterocycles. The molecule has 0 spiro atoms. The Balaban J connectivity index is 1.47. The minimum atomic E-state index is -0.385. The van der Waals surface area contributed by atoms with Crippen molar-refractivity contribution in [3.63, 3.8) is 0 Å². The zero-order valence-electron chi connectivity index (χ0n) is 18.8. The Labute approximate surface area is 203 Å². The van der Waals surface area contributed by atoms with Gasteiger partial charge >= 0.3 is 0 Å². The molecule has 3 aromatic carbocycles. The number of ether oxygens (including phenoxy) is 2. The van der Waals surface area contributed by atoms with Crippen LogP contribution in [0.2, 0.25) is 5.02 Å². The quantitative estimate of drug-likeness (QED) is 0.520. The number of nitrogens with zero attached hydrogens (tertiary/aromatic N) is 1. The third kappa shape index (κ3) is 5.94. The minimum Gasteiger partial charge on any atom is -0.495 e. The molecule has 3 aromatic rings. The minimum absolute atomic E-state index is 0.203. The molecule has 7 nitrogen and oxygen atoms in total. The molecule has 0 aromatic heterocycles. The molecule has 176 valence electrons. The van der Waals surface area contributed by atoms with E-state index in [0.717, 1.165) is 11.1 Å². The number of amides is 2. The van der Waals surface area contributed by atoms with Crippen LogP contribution in [0.15, 0.2) is 66.7 Å². The molecule has 1 aliphatic heterocycles. The summed E-state index contributed by atoms with van der Waals surface area (Å²) in [6.07, 6.45) is 0. The molecule has 8 heteroatoms. The van der Waals surface area contributed by atoms with Gasteiger partial charge in [-0.1, -0.05) is 54.1 Å². The average molecular weight is 480 g/mol. The fourth-order valence-electron chi connectivity index (χ4n) is 3.72. The predicted molar refractivity (Wildman–Crippen MR) is 134 cm³/mol. The Bertz CT molecular complexity index is 1150. The van der Waals surface area contributed by atoms with Crippen molar-refractivity contribution in [3.8, 4) is 16.9 Å². The molecule has 34 heavy (non-hydrogen) atoms. The van der Waals surface area contributed by atoms with E-state index in [2.05, 4.69) is 10.6 Å². The molecule has 0 bridgehead atoms. The number of morpholine rings is 1. The van der Waals surface area contributed by atoms with Crippen LogP contribution in [-0.2, 0) is 9.53 Å². The number of rotatable bonds is 7. The molecule has 1 fully saturated rings. The van der Waals surface area contributed by atoms with Crippen molar-refractivity contribution in [2.75, 3.05) is 50.6 Å². The van der Waals surface area contributed by atoms with Gasteiger partial charge in [0.2, 0.25) is 5.91 Å². The van der Waals surface area contributed by atoms with E-state index in [1.807, 2.05) is 59.5 Å². The molecule has 1 heterocycles.